The van der Waals surface area contributed by atoms with Crippen LogP contribution in [0.2, 0.25) is 0 Å². The maximum Gasteiger partial charge on any atom is 0.408 e. The number of carbonyl (C=O) groups excluding carboxylic acids is 4. The van der Waals surface area contributed by atoms with Gasteiger partial charge in [-0.1, -0.05) is 6.07 Å². The van der Waals surface area contributed by atoms with Crippen molar-refractivity contribution < 1.29 is 39.0 Å². The second-order valence-electron chi connectivity index (χ2n) is 7.22. The molecule has 0 aromatic heterocycles. The van der Waals surface area contributed by atoms with Crippen LogP contribution in [0.15, 0.2) is 18.2 Å². The Labute approximate surface area is 161 Å². The molecule has 1 aliphatic heterocycles. The number of phenols is 2. The molecule has 1 aromatic rings. The predicted octanol–water partition coefficient (Wildman–Crippen LogP) is 1.14. The minimum Gasteiger partial charge on any atom is -0.504 e. The van der Waals surface area contributed by atoms with E-state index in [9.17, 15) is 29.4 Å². The van der Waals surface area contributed by atoms with Gasteiger partial charge in [-0.05, 0) is 38.5 Å². The lowest BCUT2D eigenvalue weighted by molar-refractivity contribution is -0.198. The van der Waals surface area contributed by atoms with E-state index >= 15 is 0 Å². The minimum absolute atomic E-state index is 0.0674. The Kier molecular flexibility index (Phi) is 6.12. The van der Waals surface area contributed by atoms with Gasteiger partial charge in [-0.15, -0.1) is 5.06 Å². The van der Waals surface area contributed by atoms with Crippen LogP contribution in [0, 0.1) is 0 Å². The Hall–Kier alpha value is -3.30. The summed E-state index contributed by atoms with van der Waals surface area (Å²) in [4.78, 5) is 52.7. The highest BCUT2D eigenvalue weighted by Gasteiger charge is 2.36. The summed E-state index contributed by atoms with van der Waals surface area (Å²) < 4.78 is 5.12. The number of benzene rings is 1. The van der Waals surface area contributed by atoms with Crippen molar-refractivity contribution in [3.05, 3.63) is 23.8 Å². The van der Waals surface area contributed by atoms with Crippen molar-refractivity contribution >= 4 is 23.9 Å². The van der Waals surface area contributed by atoms with Crippen molar-refractivity contribution in [1.29, 1.82) is 0 Å². The summed E-state index contributed by atoms with van der Waals surface area (Å²) in [6, 6.07) is 2.53. The SMILES string of the molecule is CC(C)(C)OC(=O)N[C@@H](Cc1ccc(O)c(O)c1)C(=O)ON1C(=O)CCC1=O. The molecule has 1 atom stereocenters. The van der Waals surface area contributed by atoms with E-state index in [1.54, 1.807) is 20.8 Å². The number of carbonyl (C=O) groups is 4. The zero-order valence-corrected chi connectivity index (χ0v) is 15.7. The van der Waals surface area contributed by atoms with Crippen LogP contribution in [0.4, 0.5) is 4.79 Å². The van der Waals surface area contributed by atoms with Crippen molar-refractivity contribution in [1.82, 2.24) is 10.4 Å². The molecule has 0 spiro atoms. The number of aromatic hydroxyl groups is 2. The van der Waals surface area contributed by atoms with E-state index in [1.165, 1.54) is 18.2 Å². The van der Waals surface area contributed by atoms with Crippen LogP contribution in [0.25, 0.3) is 0 Å². The standard InChI is InChI=1S/C18H22N2O8/c1-18(2,3)27-17(26)19-11(8-10-4-5-12(21)13(22)9-10)16(25)28-20-14(23)6-7-15(20)24/h4-5,9,11,21-22H,6-8H2,1-3H3,(H,19,26)/t11-/m0/s1. The van der Waals surface area contributed by atoms with Gasteiger partial charge in [0.1, 0.15) is 11.6 Å². The molecule has 1 aromatic carbocycles. The van der Waals surface area contributed by atoms with Gasteiger partial charge in [-0.25, -0.2) is 9.59 Å². The molecule has 10 nitrogen and oxygen atoms in total. The zero-order chi connectivity index (χ0) is 21.1. The average molecular weight is 394 g/mol. The van der Waals surface area contributed by atoms with E-state index in [-0.39, 0.29) is 25.0 Å². The first-order valence-electron chi connectivity index (χ1n) is 8.54. The summed E-state index contributed by atoms with van der Waals surface area (Å²) in [5.41, 5.74) is -0.441. The topological polar surface area (TPSA) is 142 Å². The fourth-order valence-corrected chi connectivity index (χ4v) is 2.39. The molecule has 0 radical (unpaired) electrons. The summed E-state index contributed by atoms with van der Waals surface area (Å²) in [5, 5.41) is 21.7. The second kappa shape index (κ2) is 8.15. The lowest BCUT2D eigenvalue weighted by Gasteiger charge is -2.23. The fourth-order valence-electron chi connectivity index (χ4n) is 2.39. The van der Waals surface area contributed by atoms with Crippen molar-refractivity contribution in [3.63, 3.8) is 0 Å². The first-order chi connectivity index (χ1) is 13.0. The lowest BCUT2D eigenvalue weighted by atomic mass is 10.1. The van der Waals surface area contributed by atoms with Crippen LogP contribution in [-0.2, 0) is 30.4 Å². The highest BCUT2D eigenvalue weighted by Crippen LogP contribution is 2.25. The molecular formula is C18H22N2O8. The van der Waals surface area contributed by atoms with Crippen molar-refractivity contribution in [2.24, 2.45) is 0 Å². The normalized spacial score (nSPS) is 15.3. The number of hydroxylamine groups is 2. The first-order valence-corrected chi connectivity index (χ1v) is 8.54. The molecule has 1 heterocycles. The molecule has 28 heavy (non-hydrogen) atoms. The van der Waals surface area contributed by atoms with E-state index in [2.05, 4.69) is 5.32 Å². The predicted molar refractivity (Wildman–Crippen MR) is 93.8 cm³/mol. The molecule has 1 saturated heterocycles. The number of nitrogens with zero attached hydrogens (tertiary/aromatic N) is 1. The molecule has 1 fully saturated rings. The van der Waals surface area contributed by atoms with Gasteiger partial charge in [-0.3, -0.25) is 9.59 Å². The third-order valence-electron chi connectivity index (χ3n) is 3.64. The van der Waals surface area contributed by atoms with Gasteiger partial charge >= 0.3 is 12.1 Å². The average Bonchev–Trinajstić information content (AvgIpc) is 2.87. The number of ether oxygens (including phenoxy) is 1. The van der Waals surface area contributed by atoms with Gasteiger partial charge in [0, 0.05) is 19.3 Å². The molecule has 10 heteroatoms. The molecule has 3 amide bonds. The number of phenolic OH excluding ortho intramolecular Hbond substituents is 2. The molecule has 0 aliphatic carbocycles. The molecule has 0 saturated carbocycles. The van der Waals surface area contributed by atoms with E-state index in [0.717, 1.165) is 0 Å². The molecule has 2 rings (SSSR count). The van der Waals surface area contributed by atoms with Crippen LogP contribution in [0.3, 0.4) is 0 Å². The maximum atomic E-state index is 12.5. The Morgan fingerprint density at radius 1 is 1.14 bits per heavy atom. The Morgan fingerprint density at radius 3 is 2.29 bits per heavy atom. The van der Waals surface area contributed by atoms with Crippen LogP contribution in [0.1, 0.15) is 39.2 Å². The summed E-state index contributed by atoms with van der Waals surface area (Å²) in [5.74, 6) is -3.13. The highest BCUT2D eigenvalue weighted by molar-refractivity contribution is 6.01. The number of amides is 3. The van der Waals surface area contributed by atoms with Gasteiger partial charge in [0.05, 0.1) is 0 Å². The Bertz CT molecular complexity index is 783. The number of rotatable bonds is 5. The highest BCUT2D eigenvalue weighted by atomic mass is 16.7. The molecule has 1 aliphatic rings. The van der Waals surface area contributed by atoms with E-state index in [4.69, 9.17) is 9.57 Å². The number of imide groups is 1. The quantitative estimate of drug-likeness (QED) is 0.498. The molecular weight excluding hydrogens is 372 g/mol. The van der Waals surface area contributed by atoms with Crippen LogP contribution in [-0.4, -0.2) is 50.8 Å². The number of nitrogens with one attached hydrogen (secondary N) is 1. The third kappa shape index (κ3) is 5.60. The molecule has 152 valence electrons. The van der Waals surface area contributed by atoms with Gasteiger partial charge < -0.3 is 25.1 Å². The summed E-state index contributed by atoms with van der Waals surface area (Å²) >= 11 is 0. The Balaban J connectivity index is 2.17. The largest absolute Gasteiger partial charge is 0.504 e. The van der Waals surface area contributed by atoms with Crippen molar-refractivity contribution in [2.45, 2.75) is 51.7 Å². The third-order valence-corrected chi connectivity index (χ3v) is 3.64. The summed E-state index contributed by atoms with van der Waals surface area (Å²) in [7, 11) is 0. The molecule has 0 bridgehead atoms. The Morgan fingerprint density at radius 2 is 1.75 bits per heavy atom. The number of hydrogen-bond acceptors (Lipinski definition) is 8. The van der Waals surface area contributed by atoms with Gasteiger partial charge in [0.2, 0.25) is 0 Å². The maximum absolute atomic E-state index is 12.5. The van der Waals surface area contributed by atoms with Gasteiger partial charge in [0.25, 0.3) is 11.8 Å². The first kappa shape index (κ1) is 21.0. The van der Waals surface area contributed by atoms with Crippen molar-refractivity contribution in [2.75, 3.05) is 0 Å². The van der Waals surface area contributed by atoms with Crippen molar-refractivity contribution in [3.8, 4) is 11.5 Å². The van der Waals surface area contributed by atoms with E-state index < -0.39 is 41.3 Å². The summed E-state index contributed by atoms with van der Waals surface area (Å²) in [6.07, 6.45) is -1.19. The molecule has 0 unspecified atom stereocenters. The van der Waals surface area contributed by atoms with Crippen LogP contribution < -0.4 is 5.32 Å². The van der Waals surface area contributed by atoms with Crippen LogP contribution >= 0.6 is 0 Å². The minimum atomic E-state index is -1.32. The zero-order valence-electron chi connectivity index (χ0n) is 15.7. The smallest absolute Gasteiger partial charge is 0.408 e. The number of hydrogen-bond donors (Lipinski definition) is 3. The second-order valence-corrected chi connectivity index (χ2v) is 7.22. The number of alkyl carbamates (subject to hydrolysis) is 1. The van der Waals surface area contributed by atoms with E-state index in [0.29, 0.717) is 10.6 Å². The van der Waals surface area contributed by atoms with Gasteiger partial charge in [0.15, 0.2) is 11.5 Å². The summed E-state index contributed by atoms with van der Waals surface area (Å²) in [6.45, 7) is 4.92. The lowest BCUT2D eigenvalue weighted by Crippen LogP contribution is -2.48. The molecule has 3 N–H and O–H groups in total. The van der Waals surface area contributed by atoms with Gasteiger partial charge in [-0.2, -0.15) is 0 Å². The monoisotopic (exact) mass is 394 g/mol. The van der Waals surface area contributed by atoms with Crippen LogP contribution in [0.5, 0.6) is 11.5 Å². The van der Waals surface area contributed by atoms with E-state index in [1.807, 2.05) is 0 Å². The fraction of sp³-hybridized carbons (Fsp3) is 0.444.